The van der Waals surface area contributed by atoms with Gasteiger partial charge in [0.1, 0.15) is 6.17 Å². The quantitative estimate of drug-likeness (QED) is 0.0371. The highest BCUT2D eigenvalue weighted by atomic mass is 15.5. The Morgan fingerprint density at radius 3 is 1.14 bits per heavy atom. The normalized spacial score (nSPS) is 18.6. The number of aromatic nitrogens is 6. The molecule has 0 atom stereocenters. The van der Waals surface area contributed by atoms with Crippen LogP contribution in [0.1, 0.15) is 120 Å². The Morgan fingerprint density at radius 2 is 0.860 bits per heavy atom. The van der Waals surface area contributed by atoms with Crippen LogP contribution in [0.3, 0.4) is 0 Å². The van der Waals surface area contributed by atoms with Gasteiger partial charge in [0, 0.05) is 60.4 Å². The van der Waals surface area contributed by atoms with Crippen molar-refractivity contribution in [3.05, 3.63) is 50.6 Å². The summed E-state index contributed by atoms with van der Waals surface area (Å²) in [5, 5.41) is 21.3. The molecule has 0 saturated carbocycles. The van der Waals surface area contributed by atoms with Crippen LogP contribution in [0.15, 0.2) is 50.6 Å². The summed E-state index contributed by atoms with van der Waals surface area (Å²) in [6.07, 6.45) is 15.7. The highest BCUT2D eigenvalue weighted by Crippen LogP contribution is 2.41. The molecule has 14 nitrogen and oxygen atoms in total. The molecule has 2 saturated heterocycles. The number of rotatable bonds is 23. The Morgan fingerprint density at radius 1 is 0.544 bits per heavy atom. The van der Waals surface area contributed by atoms with Crippen molar-refractivity contribution in [3.63, 3.8) is 0 Å². The zero-order valence-electron chi connectivity index (χ0n) is 36.6. The predicted octanol–water partition coefficient (Wildman–Crippen LogP) is 7.68. The average molecular weight is 787 g/mol. The third kappa shape index (κ3) is 13.4. The highest BCUT2D eigenvalue weighted by molar-refractivity contribution is 5.52. The Hall–Kier alpha value is -4.30. The first-order valence-electron chi connectivity index (χ1n) is 21.0. The molecule has 2 aromatic rings. The topological polar surface area (TPSA) is 156 Å². The van der Waals surface area contributed by atoms with Crippen LogP contribution in [0, 0.1) is 0 Å². The highest BCUT2D eigenvalue weighted by Gasteiger charge is 2.48. The molecule has 0 radical (unpaired) electrons. The van der Waals surface area contributed by atoms with Crippen LogP contribution >= 0.6 is 0 Å². The van der Waals surface area contributed by atoms with Gasteiger partial charge in [0.2, 0.25) is 35.7 Å². The van der Waals surface area contributed by atoms with Crippen molar-refractivity contribution >= 4 is 35.7 Å². The minimum Gasteiger partial charge on any atom is -0.351 e. The van der Waals surface area contributed by atoms with Gasteiger partial charge in [0.25, 0.3) is 0 Å². The molecule has 4 heterocycles. The van der Waals surface area contributed by atoms with Crippen LogP contribution in [0.2, 0.25) is 0 Å². The number of anilines is 6. The van der Waals surface area contributed by atoms with E-state index in [1.165, 1.54) is 0 Å². The lowest BCUT2D eigenvalue weighted by atomic mass is 9.77. The maximum Gasteiger partial charge on any atom is 0.233 e. The lowest BCUT2D eigenvalue weighted by molar-refractivity contribution is 0.138. The van der Waals surface area contributed by atoms with Crippen molar-refractivity contribution in [2.45, 2.75) is 161 Å². The van der Waals surface area contributed by atoms with Crippen LogP contribution in [0.5, 0.6) is 0 Å². The zero-order valence-corrected chi connectivity index (χ0v) is 36.6. The third-order valence-electron chi connectivity index (χ3n) is 10.4. The molecule has 0 aromatic carbocycles. The fraction of sp³-hybridized carbons (Fsp3) is 0.674. The zero-order chi connectivity index (χ0) is 41.9. The first-order valence-corrected chi connectivity index (χ1v) is 21.0. The molecule has 14 heteroatoms. The summed E-state index contributed by atoms with van der Waals surface area (Å²) < 4.78 is 0. The van der Waals surface area contributed by atoms with E-state index in [2.05, 4.69) is 130 Å². The van der Waals surface area contributed by atoms with E-state index >= 15 is 0 Å². The van der Waals surface area contributed by atoms with Gasteiger partial charge in [-0.15, -0.1) is 26.3 Å². The minimum absolute atomic E-state index is 0.0399. The van der Waals surface area contributed by atoms with Crippen LogP contribution in [0.4, 0.5) is 35.7 Å². The predicted molar refractivity (Wildman–Crippen MR) is 241 cm³/mol. The second kappa shape index (κ2) is 19.9. The molecule has 0 unspecified atom stereocenters. The molecule has 0 bridgehead atoms. The SMILES string of the molecule is C=CCNc1nc(NCC=C)nc(N(C2CC(C)(C)NC(C)(C)C2)C(CCCCCC)N(c2nc(NCC=C)nc(NCC=C)n2)C2CC(C)(C)NC(C)(C)C2)n1. The maximum absolute atomic E-state index is 5.23. The molecule has 2 fully saturated rings. The summed E-state index contributed by atoms with van der Waals surface area (Å²) in [7, 11) is 0. The summed E-state index contributed by atoms with van der Waals surface area (Å²) in [6, 6.07) is 0.0799. The first-order chi connectivity index (χ1) is 26.9. The van der Waals surface area contributed by atoms with Crippen molar-refractivity contribution < 1.29 is 0 Å². The number of nitrogens with one attached hydrogen (secondary N) is 6. The van der Waals surface area contributed by atoms with E-state index in [4.69, 9.17) is 29.9 Å². The Labute approximate surface area is 343 Å². The largest absolute Gasteiger partial charge is 0.351 e. The summed E-state index contributed by atoms with van der Waals surface area (Å²) in [5.41, 5.74) is -0.672. The molecular weight excluding hydrogens is 713 g/mol. The van der Waals surface area contributed by atoms with E-state index in [-0.39, 0.29) is 40.4 Å². The van der Waals surface area contributed by atoms with E-state index in [9.17, 15) is 0 Å². The van der Waals surface area contributed by atoms with Gasteiger partial charge in [0.05, 0.1) is 0 Å². The minimum atomic E-state index is -0.241. The van der Waals surface area contributed by atoms with E-state index in [0.29, 0.717) is 61.9 Å². The van der Waals surface area contributed by atoms with Gasteiger partial charge in [-0.3, -0.25) is 0 Å². The number of nitrogens with zero attached hydrogens (tertiary/aromatic N) is 8. The second-order valence-electron chi connectivity index (χ2n) is 18.3. The second-order valence-corrected chi connectivity index (χ2v) is 18.3. The Kier molecular flexibility index (Phi) is 15.9. The van der Waals surface area contributed by atoms with E-state index in [1.54, 1.807) is 0 Å². The van der Waals surface area contributed by atoms with Gasteiger partial charge in [-0.1, -0.05) is 50.5 Å². The van der Waals surface area contributed by atoms with Gasteiger partial charge in [-0.05, 0) is 93.9 Å². The average Bonchev–Trinajstić information content (AvgIpc) is 3.10. The lowest BCUT2D eigenvalue weighted by Gasteiger charge is -2.55. The number of unbranched alkanes of at least 4 members (excludes halogenated alkanes) is 3. The fourth-order valence-electron chi connectivity index (χ4n) is 9.11. The molecule has 0 amide bonds. The molecule has 0 aliphatic carbocycles. The van der Waals surface area contributed by atoms with Gasteiger partial charge in [-0.25, -0.2) is 0 Å². The van der Waals surface area contributed by atoms with Crippen molar-refractivity contribution in [2.24, 2.45) is 0 Å². The van der Waals surface area contributed by atoms with E-state index in [0.717, 1.165) is 57.8 Å². The Balaban J connectivity index is 2.10. The standard InChI is InChI=1S/C43H74N14/c1-14-19-20-21-22-33(56(31-27-40(6,7)54-41(8,9)28-31)38-50-34(44-23-15-2)48-35(51-38)45-24-16-3)57(32-29-42(10,11)55-43(12,13)30-32)39-52-36(46-25-17-4)49-37(53-39)47-26-18-5/h15-18,31-33,54-55H,2-5,14,19-30H2,1,6-13H3,(H2,44,45,48,50,51)(H2,46,47,49,52,53). The molecule has 2 aliphatic rings. The van der Waals surface area contributed by atoms with E-state index in [1.807, 2.05) is 24.3 Å². The molecule has 2 aliphatic heterocycles. The van der Waals surface area contributed by atoms with Crippen molar-refractivity contribution in [1.29, 1.82) is 0 Å². The van der Waals surface area contributed by atoms with Crippen LogP contribution in [-0.2, 0) is 0 Å². The first kappa shape index (κ1) is 45.4. The Bertz CT molecular complexity index is 1430. The van der Waals surface area contributed by atoms with Crippen molar-refractivity contribution in [3.8, 4) is 0 Å². The molecule has 4 rings (SSSR count). The van der Waals surface area contributed by atoms with Crippen LogP contribution in [-0.4, -0.2) is 96.5 Å². The lowest BCUT2D eigenvalue weighted by Crippen LogP contribution is -2.68. The summed E-state index contributed by atoms with van der Waals surface area (Å²) in [4.78, 5) is 35.5. The monoisotopic (exact) mass is 787 g/mol. The van der Waals surface area contributed by atoms with Crippen molar-refractivity contribution in [2.75, 3.05) is 57.2 Å². The van der Waals surface area contributed by atoms with Gasteiger partial charge in [0.15, 0.2) is 0 Å². The summed E-state index contributed by atoms with van der Waals surface area (Å²) in [6.45, 7) is 38.4. The number of hydrogen-bond donors (Lipinski definition) is 6. The number of hydrogen-bond acceptors (Lipinski definition) is 14. The van der Waals surface area contributed by atoms with Crippen molar-refractivity contribution in [1.82, 2.24) is 40.5 Å². The fourth-order valence-corrected chi connectivity index (χ4v) is 9.11. The van der Waals surface area contributed by atoms with Crippen LogP contribution in [0.25, 0.3) is 0 Å². The molecule has 0 spiro atoms. The summed E-state index contributed by atoms with van der Waals surface area (Å²) in [5.74, 6) is 3.13. The van der Waals surface area contributed by atoms with Crippen LogP contribution < -0.4 is 41.7 Å². The molecular formula is C43H74N14. The van der Waals surface area contributed by atoms with E-state index < -0.39 is 0 Å². The smallest absolute Gasteiger partial charge is 0.233 e. The number of piperidine rings is 2. The molecule has 6 N–H and O–H groups in total. The maximum atomic E-state index is 5.23. The molecule has 2 aromatic heterocycles. The van der Waals surface area contributed by atoms with Gasteiger partial charge >= 0.3 is 0 Å². The third-order valence-corrected chi connectivity index (χ3v) is 10.4. The van der Waals surface area contributed by atoms with Gasteiger partial charge < -0.3 is 41.7 Å². The molecule has 316 valence electrons. The summed E-state index contributed by atoms with van der Waals surface area (Å²) >= 11 is 0. The molecule has 57 heavy (non-hydrogen) atoms. The van der Waals surface area contributed by atoms with Gasteiger partial charge in [-0.2, -0.15) is 29.9 Å².